The second-order valence-corrected chi connectivity index (χ2v) is 7.80. The van der Waals surface area contributed by atoms with Crippen molar-refractivity contribution in [2.75, 3.05) is 18.8 Å². The third-order valence-electron chi connectivity index (χ3n) is 3.70. The molecule has 0 saturated carbocycles. The van der Waals surface area contributed by atoms with Crippen LogP contribution < -0.4 is 5.32 Å². The molecule has 1 aliphatic rings. The number of nitrogens with one attached hydrogen (secondary N) is 1. The van der Waals surface area contributed by atoms with Crippen LogP contribution in [-0.2, 0) is 15.4 Å². The van der Waals surface area contributed by atoms with Gasteiger partial charge in [0.25, 0.3) is 0 Å². The summed E-state index contributed by atoms with van der Waals surface area (Å²) in [5.41, 5.74) is -0.152. The summed E-state index contributed by atoms with van der Waals surface area (Å²) in [5, 5.41) is 13.2. The molecule has 1 aromatic rings. The Morgan fingerprint density at radius 2 is 2.05 bits per heavy atom. The summed E-state index contributed by atoms with van der Waals surface area (Å²) >= 11 is 0. The maximum atomic E-state index is 11.7. The van der Waals surface area contributed by atoms with Crippen LogP contribution in [0.3, 0.4) is 0 Å². The number of aliphatic hydroxyl groups is 1. The Morgan fingerprint density at radius 3 is 2.63 bits per heavy atom. The zero-order valence-corrected chi connectivity index (χ0v) is 12.0. The molecule has 0 aliphatic carbocycles. The molecule has 2 N–H and O–H groups in total. The van der Waals surface area contributed by atoms with E-state index in [-0.39, 0.29) is 5.25 Å². The van der Waals surface area contributed by atoms with Gasteiger partial charge in [-0.05, 0) is 25.3 Å². The Balaban J connectivity index is 1.89. The molecule has 1 aromatic carbocycles. The van der Waals surface area contributed by atoms with Gasteiger partial charge in [0.1, 0.15) is 0 Å². The van der Waals surface area contributed by atoms with Crippen LogP contribution in [0.1, 0.15) is 25.3 Å². The van der Waals surface area contributed by atoms with E-state index in [4.69, 9.17) is 0 Å². The molecule has 1 saturated heterocycles. The standard InChI is InChI=1S/C14H21NO3S/c1-14(16,12-6-3-2-4-7-12)11-15-10-13-8-5-9-19(13,17)18/h2-4,6-7,13,15-16H,5,8-11H2,1H3. The lowest BCUT2D eigenvalue weighted by atomic mass is 9.96. The fourth-order valence-electron chi connectivity index (χ4n) is 2.46. The summed E-state index contributed by atoms with van der Waals surface area (Å²) < 4.78 is 23.4. The van der Waals surface area contributed by atoms with Gasteiger partial charge in [-0.25, -0.2) is 8.42 Å². The predicted molar refractivity (Wildman–Crippen MR) is 75.7 cm³/mol. The summed E-state index contributed by atoms with van der Waals surface area (Å²) in [6, 6.07) is 9.40. The van der Waals surface area contributed by atoms with Crippen molar-refractivity contribution in [3.8, 4) is 0 Å². The maximum Gasteiger partial charge on any atom is 0.154 e. The minimum atomic E-state index is -2.91. The number of sulfone groups is 1. The summed E-state index contributed by atoms with van der Waals surface area (Å²) in [6.45, 7) is 2.51. The van der Waals surface area contributed by atoms with E-state index >= 15 is 0 Å². The van der Waals surface area contributed by atoms with Crippen LogP contribution in [0.2, 0.25) is 0 Å². The third kappa shape index (κ3) is 3.55. The van der Waals surface area contributed by atoms with Crippen LogP contribution in [0.4, 0.5) is 0 Å². The van der Waals surface area contributed by atoms with E-state index < -0.39 is 15.4 Å². The molecule has 0 amide bonds. The summed E-state index contributed by atoms with van der Waals surface area (Å²) in [5.74, 6) is 0.300. The fourth-order valence-corrected chi connectivity index (χ4v) is 4.26. The molecular formula is C14H21NO3S. The molecule has 1 fully saturated rings. The minimum Gasteiger partial charge on any atom is -0.384 e. The zero-order valence-electron chi connectivity index (χ0n) is 11.2. The van der Waals surface area contributed by atoms with E-state index in [1.54, 1.807) is 6.92 Å². The van der Waals surface area contributed by atoms with Crippen molar-refractivity contribution in [2.45, 2.75) is 30.6 Å². The smallest absolute Gasteiger partial charge is 0.154 e. The molecule has 0 aromatic heterocycles. The number of hydrogen-bond acceptors (Lipinski definition) is 4. The summed E-state index contributed by atoms with van der Waals surface area (Å²) in [6.07, 6.45) is 1.48. The van der Waals surface area contributed by atoms with E-state index in [1.165, 1.54) is 0 Å². The van der Waals surface area contributed by atoms with E-state index in [0.717, 1.165) is 18.4 Å². The normalized spacial score (nSPS) is 25.1. The zero-order chi connectivity index (χ0) is 13.9. The largest absolute Gasteiger partial charge is 0.384 e. The lowest BCUT2D eigenvalue weighted by Crippen LogP contribution is -2.40. The van der Waals surface area contributed by atoms with Gasteiger partial charge in [0.15, 0.2) is 9.84 Å². The van der Waals surface area contributed by atoms with E-state index in [1.807, 2.05) is 30.3 Å². The molecule has 19 heavy (non-hydrogen) atoms. The van der Waals surface area contributed by atoms with Crippen molar-refractivity contribution >= 4 is 9.84 Å². The van der Waals surface area contributed by atoms with Crippen LogP contribution in [-0.4, -0.2) is 37.6 Å². The van der Waals surface area contributed by atoms with Crippen molar-refractivity contribution in [3.63, 3.8) is 0 Å². The Kier molecular flexibility index (Phi) is 4.28. The Hall–Kier alpha value is -0.910. The first kappa shape index (κ1) is 14.5. The van der Waals surface area contributed by atoms with Crippen LogP contribution in [0.5, 0.6) is 0 Å². The van der Waals surface area contributed by atoms with E-state index in [9.17, 15) is 13.5 Å². The number of hydrogen-bond donors (Lipinski definition) is 2. The van der Waals surface area contributed by atoms with Gasteiger partial charge in [-0.2, -0.15) is 0 Å². The Morgan fingerprint density at radius 1 is 1.37 bits per heavy atom. The average Bonchev–Trinajstić information content (AvgIpc) is 2.70. The SMILES string of the molecule is CC(O)(CNCC1CCCS1(=O)=O)c1ccccc1. The maximum absolute atomic E-state index is 11.7. The van der Waals surface area contributed by atoms with Gasteiger partial charge in [0, 0.05) is 13.1 Å². The molecule has 2 atom stereocenters. The van der Waals surface area contributed by atoms with Gasteiger partial charge in [0.2, 0.25) is 0 Å². The first-order valence-corrected chi connectivity index (χ1v) is 8.33. The summed E-state index contributed by atoms with van der Waals surface area (Å²) in [7, 11) is -2.91. The van der Waals surface area contributed by atoms with Crippen molar-refractivity contribution < 1.29 is 13.5 Å². The molecule has 2 rings (SSSR count). The Bertz CT molecular complexity index is 511. The van der Waals surface area contributed by atoms with Gasteiger partial charge < -0.3 is 10.4 Å². The lowest BCUT2D eigenvalue weighted by molar-refractivity contribution is 0.0572. The lowest BCUT2D eigenvalue weighted by Gasteiger charge is -2.25. The molecule has 4 nitrogen and oxygen atoms in total. The van der Waals surface area contributed by atoms with Crippen LogP contribution in [0, 0.1) is 0 Å². The molecule has 106 valence electrons. The van der Waals surface area contributed by atoms with Gasteiger partial charge in [0.05, 0.1) is 16.6 Å². The molecule has 2 unspecified atom stereocenters. The number of rotatable bonds is 5. The van der Waals surface area contributed by atoms with Crippen LogP contribution >= 0.6 is 0 Å². The van der Waals surface area contributed by atoms with Crippen molar-refractivity contribution in [2.24, 2.45) is 0 Å². The topological polar surface area (TPSA) is 66.4 Å². The van der Waals surface area contributed by atoms with E-state index in [0.29, 0.717) is 18.8 Å². The summed E-state index contributed by atoms with van der Waals surface area (Å²) in [4.78, 5) is 0. The van der Waals surface area contributed by atoms with Gasteiger partial charge in [-0.15, -0.1) is 0 Å². The van der Waals surface area contributed by atoms with Crippen molar-refractivity contribution in [3.05, 3.63) is 35.9 Å². The highest BCUT2D eigenvalue weighted by Gasteiger charge is 2.31. The fraction of sp³-hybridized carbons (Fsp3) is 0.571. The highest BCUT2D eigenvalue weighted by Crippen LogP contribution is 2.21. The van der Waals surface area contributed by atoms with Crippen LogP contribution in [0.25, 0.3) is 0 Å². The highest BCUT2D eigenvalue weighted by molar-refractivity contribution is 7.92. The van der Waals surface area contributed by atoms with Gasteiger partial charge >= 0.3 is 0 Å². The monoisotopic (exact) mass is 283 g/mol. The number of benzene rings is 1. The molecule has 0 spiro atoms. The Labute approximate surface area is 114 Å². The molecule has 0 bridgehead atoms. The molecule has 1 heterocycles. The molecule has 0 radical (unpaired) electrons. The second-order valence-electron chi connectivity index (χ2n) is 5.40. The molecule has 1 aliphatic heterocycles. The van der Waals surface area contributed by atoms with Crippen LogP contribution in [0.15, 0.2) is 30.3 Å². The average molecular weight is 283 g/mol. The van der Waals surface area contributed by atoms with Gasteiger partial charge in [-0.1, -0.05) is 30.3 Å². The van der Waals surface area contributed by atoms with Crippen molar-refractivity contribution in [1.29, 1.82) is 0 Å². The van der Waals surface area contributed by atoms with Crippen molar-refractivity contribution in [1.82, 2.24) is 5.32 Å². The van der Waals surface area contributed by atoms with E-state index in [2.05, 4.69) is 5.32 Å². The predicted octanol–water partition coefficient (Wildman–Crippen LogP) is 1.06. The minimum absolute atomic E-state index is 0.293. The highest BCUT2D eigenvalue weighted by atomic mass is 32.2. The molecule has 5 heteroatoms. The van der Waals surface area contributed by atoms with Gasteiger partial charge in [-0.3, -0.25) is 0 Å². The molecular weight excluding hydrogens is 262 g/mol. The third-order valence-corrected chi connectivity index (χ3v) is 5.98. The first-order chi connectivity index (χ1) is 8.92. The first-order valence-electron chi connectivity index (χ1n) is 6.62. The second kappa shape index (κ2) is 5.61. The quantitative estimate of drug-likeness (QED) is 0.848.